The number of carbonyl (C=O) groups excluding carboxylic acids is 1. The lowest BCUT2D eigenvalue weighted by molar-refractivity contribution is -0.123. The van der Waals surface area contributed by atoms with Gasteiger partial charge in [0.15, 0.2) is 0 Å². The quantitative estimate of drug-likeness (QED) is 0.823. The number of likely N-dealkylation sites (tertiary alicyclic amines) is 1. The average molecular weight is 240 g/mol. The molecule has 0 bridgehead atoms. The second-order valence-corrected chi connectivity index (χ2v) is 5.97. The van der Waals surface area contributed by atoms with Crippen molar-refractivity contribution in [3.05, 3.63) is 0 Å². The third-order valence-corrected chi connectivity index (χ3v) is 3.70. The van der Waals surface area contributed by atoms with Gasteiger partial charge in [-0.2, -0.15) is 0 Å². The summed E-state index contributed by atoms with van der Waals surface area (Å²) in [6.45, 7) is 9.94. The molecule has 1 heterocycles. The van der Waals surface area contributed by atoms with E-state index in [2.05, 4.69) is 25.7 Å². The van der Waals surface area contributed by atoms with Crippen molar-refractivity contribution in [2.75, 3.05) is 19.6 Å². The Kier molecular flexibility index (Phi) is 5.44. The largest absolute Gasteiger partial charge is 0.369 e. The first kappa shape index (κ1) is 14.5. The first-order valence-electron chi connectivity index (χ1n) is 7.02. The zero-order valence-corrected chi connectivity index (χ0v) is 11.7. The lowest BCUT2D eigenvalue weighted by Gasteiger charge is -2.32. The predicted molar refractivity (Wildman–Crippen MR) is 71.7 cm³/mol. The maximum Gasteiger partial charge on any atom is 0.220 e. The van der Waals surface area contributed by atoms with Crippen LogP contribution in [0.4, 0.5) is 0 Å². The van der Waals surface area contributed by atoms with E-state index in [0.717, 1.165) is 25.9 Å². The standard InChI is InChI=1S/C11H20N2O.C3H8/c1-11(4-5-11)8-13-6-2-9(3-7-13)10(12)14;1-3-2/h9H,2-8H2,1H3,(H2,12,14);3H2,1-2H3. The van der Waals surface area contributed by atoms with E-state index in [0.29, 0.717) is 5.41 Å². The minimum Gasteiger partial charge on any atom is -0.369 e. The summed E-state index contributed by atoms with van der Waals surface area (Å²) in [6, 6.07) is 0. The highest BCUT2D eigenvalue weighted by Crippen LogP contribution is 2.45. The summed E-state index contributed by atoms with van der Waals surface area (Å²) < 4.78 is 0. The highest BCUT2D eigenvalue weighted by molar-refractivity contribution is 5.76. The maximum atomic E-state index is 11.0. The van der Waals surface area contributed by atoms with Crippen molar-refractivity contribution in [1.82, 2.24) is 4.90 Å². The molecule has 2 aliphatic rings. The first-order chi connectivity index (χ1) is 8.00. The number of primary amides is 1. The van der Waals surface area contributed by atoms with E-state index in [1.165, 1.54) is 25.8 Å². The van der Waals surface area contributed by atoms with Crippen LogP contribution in [0.3, 0.4) is 0 Å². The van der Waals surface area contributed by atoms with Gasteiger partial charge >= 0.3 is 0 Å². The van der Waals surface area contributed by atoms with Crippen LogP contribution in [0.25, 0.3) is 0 Å². The third-order valence-electron chi connectivity index (χ3n) is 3.70. The fourth-order valence-corrected chi connectivity index (χ4v) is 2.29. The maximum absolute atomic E-state index is 11.0. The van der Waals surface area contributed by atoms with Crippen LogP contribution in [-0.2, 0) is 4.79 Å². The van der Waals surface area contributed by atoms with Crippen molar-refractivity contribution in [3.63, 3.8) is 0 Å². The minimum atomic E-state index is -0.109. The number of hydrogen-bond acceptors (Lipinski definition) is 2. The van der Waals surface area contributed by atoms with Gasteiger partial charge in [0.05, 0.1) is 0 Å². The molecule has 1 aliphatic carbocycles. The van der Waals surface area contributed by atoms with Gasteiger partial charge < -0.3 is 10.6 Å². The molecule has 1 amide bonds. The summed E-state index contributed by atoms with van der Waals surface area (Å²) in [5, 5.41) is 0. The van der Waals surface area contributed by atoms with Gasteiger partial charge in [-0.15, -0.1) is 0 Å². The van der Waals surface area contributed by atoms with E-state index in [4.69, 9.17) is 5.73 Å². The molecular formula is C14H28N2O. The van der Waals surface area contributed by atoms with Crippen LogP contribution in [0.1, 0.15) is 52.9 Å². The van der Waals surface area contributed by atoms with Gasteiger partial charge in [-0.3, -0.25) is 4.79 Å². The SMILES string of the molecule is CC1(CN2CCC(C(N)=O)CC2)CC1.CCC. The Balaban J connectivity index is 0.000000437. The lowest BCUT2D eigenvalue weighted by atomic mass is 9.95. The Labute approximate surface area is 106 Å². The van der Waals surface area contributed by atoms with Crippen molar-refractivity contribution >= 4 is 5.91 Å². The van der Waals surface area contributed by atoms with Crippen molar-refractivity contribution in [2.24, 2.45) is 17.1 Å². The molecule has 100 valence electrons. The molecule has 0 unspecified atom stereocenters. The van der Waals surface area contributed by atoms with Crippen LogP contribution in [0.2, 0.25) is 0 Å². The molecule has 0 spiro atoms. The normalized spacial score (nSPS) is 23.7. The molecule has 0 atom stereocenters. The van der Waals surface area contributed by atoms with Gasteiger partial charge in [0.2, 0.25) is 5.91 Å². The second kappa shape index (κ2) is 6.39. The molecule has 0 aromatic carbocycles. The van der Waals surface area contributed by atoms with Crippen LogP contribution in [-0.4, -0.2) is 30.4 Å². The summed E-state index contributed by atoms with van der Waals surface area (Å²) >= 11 is 0. The molecule has 1 saturated heterocycles. The highest BCUT2D eigenvalue weighted by Gasteiger charge is 2.39. The Morgan fingerprint density at radius 3 is 2.12 bits per heavy atom. The molecule has 0 aromatic rings. The predicted octanol–water partition coefficient (Wildman–Crippen LogP) is 2.40. The lowest BCUT2D eigenvalue weighted by Crippen LogP contribution is -2.40. The summed E-state index contributed by atoms with van der Waals surface area (Å²) in [5.74, 6) is 0.0283. The van der Waals surface area contributed by atoms with Gasteiger partial charge in [0.1, 0.15) is 0 Å². The summed E-state index contributed by atoms with van der Waals surface area (Å²) in [5.41, 5.74) is 5.89. The van der Waals surface area contributed by atoms with Crippen molar-refractivity contribution < 1.29 is 4.79 Å². The molecule has 3 nitrogen and oxygen atoms in total. The molecule has 0 aromatic heterocycles. The van der Waals surface area contributed by atoms with Crippen LogP contribution < -0.4 is 5.73 Å². The van der Waals surface area contributed by atoms with Crippen molar-refractivity contribution in [1.29, 1.82) is 0 Å². The zero-order valence-electron chi connectivity index (χ0n) is 11.7. The van der Waals surface area contributed by atoms with Gasteiger partial charge in [-0.25, -0.2) is 0 Å². The highest BCUT2D eigenvalue weighted by atomic mass is 16.1. The van der Waals surface area contributed by atoms with Crippen LogP contribution >= 0.6 is 0 Å². The van der Waals surface area contributed by atoms with Crippen LogP contribution in [0.15, 0.2) is 0 Å². The molecule has 0 radical (unpaired) electrons. The number of nitrogens with zero attached hydrogens (tertiary/aromatic N) is 1. The Morgan fingerprint density at radius 1 is 1.29 bits per heavy atom. The van der Waals surface area contributed by atoms with E-state index in [-0.39, 0.29) is 11.8 Å². The van der Waals surface area contributed by atoms with E-state index in [9.17, 15) is 4.79 Å². The van der Waals surface area contributed by atoms with Gasteiger partial charge in [0.25, 0.3) is 0 Å². The van der Waals surface area contributed by atoms with E-state index in [1.54, 1.807) is 0 Å². The van der Waals surface area contributed by atoms with Crippen LogP contribution in [0.5, 0.6) is 0 Å². The number of piperidine rings is 1. The van der Waals surface area contributed by atoms with Crippen molar-refractivity contribution in [3.8, 4) is 0 Å². The van der Waals surface area contributed by atoms with E-state index in [1.807, 2.05) is 0 Å². The minimum absolute atomic E-state index is 0.109. The summed E-state index contributed by atoms with van der Waals surface area (Å²) in [7, 11) is 0. The number of hydrogen-bond donors (Lipinski definition) is 1. The Morgan fingerprint density at radius 2 is 1.76 bits per heavy atom. The fourth-order valence-electron chi connectivity index (χ4n) is 2.29. The third kappa shape index (κ3) is 5.07. The Bertz CT molecular complexity index is 241. The molecule has 17 heavy (non-hydrogen) atoms. The number of rotatable bonds is 3. The number of amides is 1. The van der Waals surface area contributed by atoms with E-state index >= 15 is 0 Å². The zero-order chi connectivity index (χ0) is 12.9. The molecule has 2 N–H and O–H groups in total. The van der Waals surface area contributed by atoms with Gasteiger partial charge in [-0.1, -0.05) is 27.2 Å². The first-order valence-corrected chi connectivity index (χ1v) is 7.02. The molecular weight excluding hydrogens is 212 g/mol. The van der Waals surface area contributed by atoms with Gasteiger partial charge in [-0.05, 0) is 44.2 Å². The Hall–Kier alpha value is -0.570. The van der Waals surface area contributed by atoms with E-state index < -0.39 is 0 Å². The second-order valence-electron chi connectivity index (χ2n) is 5.97. The smallest absolute Gasteiger partial charge is 0.220 e. The average Bonchev–Trinajstić information content (AvgIpc) is 2.98. The molecule has 1 aliphatic heterocycles. The monoisotopic (exact) mass is 240 g/mol. The molecule has 1 saturated carbocycles. The van der Waals surface area contributed by atoms with Gasteiger partial charge in [0, 0.05) is 12.5 Å². The topological polar surface area (TPSA) is 46.3 Å². The molecule has 2 rings (SSSR count). The fraction of sp³-hybridized carbons (Fsp3) is 0.929. The molecule has 3 heteroatoms. The molecule has 2 fully saturated rings. The van der Waals surface area contributed by atoms with Crippen molar-refractivity contribution in [2.45, 2.75) is 52.9 Å². The number of carbonyl (C=O) groups is 1. The number of nitrogens with two attached hydrogens (primary N) is 1. The van der Waals surface area contributed by atoms with Crippen LogP contribution in [0, 0.1) is 11.3 Å². The summed E-state index contributed by atoms with van der Waals surface area (Å²) in [6.07, 6.45) is 5.93. The summed E-state index contributed by atoms with van der Waals surface area (Å²) in [4.78, 5) is 13.5.